The van der Waals surface area contributed by atoms with Gasteiger partial charge in [0.05, 0.1) is 0 Å². The molecule has 1 N–H and O–H groups in total. The lowest BCUT2D eigenvalue weighted by atomic mass is 10.0. The topological polar surface area (TPSA) is 35.6 Å². The highest BCUT2D eigenvalue weighted by atomic mass is 16.2. The number of carbonyl (C=O) groups excluding carboxylic acids is 1. The lowest BCUT2D eigenvalue weighted by Gasteiger charge is -2.35. The fourth-order valence-corrected chi connectivity index (χ4v) is 2.40. The molecule has 0 aromatic carbocycles. The van der Waals surface area contributed by atoms with Crippen molar-refractivity contribution in [1.82, 2.24) is 15.1 Å². The van der Waals surface area contributed by atoms with Gasteiger partial charge in [-0.05, 0) is 19.7 Å². The Morgan fingerprint density at radius 1 is 1.38 bits per heavy atom. The van der Waals surface area contributed by atoms with Crippen LogP contribution in [0.4, 0.5) is 0 Å². The summed E-state index contributed by atoms with van der Waals surface area (Å²) in [5.74, 6) is 0.0694. The number of rotatable bonds is 0. The molecule has 0 radical (unpaired) electrons. The minimum absolute atomic E-state index is 0.0694. The molecule has 0 aliphatic carbocycles. The van der Waals surface area contributed by atoms with Gasteiger partial charge in [-0.1, -0.05) is 6.58 Å². The Bertz CT molecular complexity index is 246. The maximum absolute atomic E-state index is 11.8. The van der Waals surface area contributed by atoms with Gasteiger partial charge in [-0.3, -0.25) is 14.6 Å². The molecule has 2 saturated heterocycles. The Hall–Kier alpha value is -0.870. The van der Waals surface area contributed by atoms with E-state index in [9.17, 15) is 4.79 Å². The van der Waals surface area contributed by atoms with Gasteiger partial charge in [0.2, 0.25) is 0 Å². The van der Waals surface area contributed by atoms with E-state index in [0.29, 0.717) is 6.54 Å². The van der Waals surface area contributed by atoms with Crippen molar-refractivity contribution in [3.05, 3.63) is 12.2 Å². The monoisotopic (exact) mass is 181 g/mol. The summed E-state index contributed by atoms with van der Waals surface area (Å²) in [7, 11) is 3.94. The molecule has 0 aromatic rings. The fraction of sp³-hybridized carbons (Fsp3) is 0.667. The van der Waals surface area contributed by atoms with E-state index in [1.54, 1.807) is 0 Å². The van der Waals surface area contributed by atoms with Crippen LogP contribution in [-0.2, 0) is 4.79 Å². The molecule has 2 rings (SSSR count). The van der Waals surface area contributed by atoms with E-state index in [2.05, 4.69) is 21.7 Å². The summed E-state index contributed by atoms with van der Waals surface area (Å²) >= 11 is 0. The Morgan fingerprint density at radius 2 is 1.92 bits per heavy atom. The summed E-state index contributed by atoms with van der Waals surface area (Å²) in [5.41, 5.74) is 0.403. The Kier molecular flexibility index (Phi) is 1.72. The van der Waals surface area contributed by atoms with Gasteiger partial charge < -0.3 is 5.32 Å². The Labute approximate surface area is 78.2 Å². The van der Waals surface area contributed by atoms with Crippen molar-refractivity contribution >= 4 is 5.91 Å². The molecule has 2 heterocycles. The second-order valence-corrected chi connectivity index (χ2v) is 3.80. The zero-order chi connectivity index (χ0) is 9.64. The predicted octanol–water partition coefficient (Wildman–Crippen LogP) is -0.754. The second-order valence-electron chi connectivity index (χ2n) is 3.80. The van der Waals surface area contributed by atoms with Crippen molar-refractivity contribution < 1.29 is 4.79 Å². The molecule has 72 valence electrons. The molecule has 2 aliphatic rings. The van der Waals surface area contributed by atoms with Crippen LogP contribution in [-0.4, -0.2) is 55.1 Å². The number of carbonyl (C=O) groups is 1. The van der Waals surface area contributed by atoms with Crippen molar-refractivity contribution in [1.29, 1.82) is 0 Å². The van der Waals surface area contributed by atoms with Crippen LogP contribution < -0.4 is 5.32 Å². The standard InChI is InChI=1S/C9H15N3O/c1-7-6-10-8(13)9(7)11(2)4-5-12(9)3/h1,4-6H2,2-3H3,(H,10,13). The average Bonchev–Trinajstić information content (AvgIpc) is 2.53. The van der Waals surface area contributed by atoms with E-state index in [1.807, 2.05) is 14.1 Å². The zero-order valence-corrected chi connectivity index (χ0v) is 8.13. The van der Waals surface area contributed by atoms with E-state index in [1.165, 1.54) is 0 Å². The molecule has 0 saturated carbocycles. The van der Waals surface area contributed by atoms with Gasteiger partial charge in [-0.15, -0.1) is 0 Å². The van der Waals surface area contributed by atoms with Gasteiger partial charge in [0.15, 0.2) is 5.66 Å². The van der Waals surface area contributed by atoms with Crippen LogP contribution in [0.2, 0.25) is 0 Å². The van der Waals surface area contributed by atoms with Crippen LogP contribution in [0.25, 0.3) is 0 Å². The highest BCUT2D eigenvalue weighted by Gasteiger charge is 2.54. The summed E-state index contributed by atoms with van der Waals surface area (Å²) in [6, 6.07) is 0. The molecule has 0 atom stereocenters. The third-order valence-corrected chi connectivity index (χ3v) is 3.15. The predicted molar refractivity (Wildman–Crippen MR) is 50.1 cm³/mol. The first-order valence-corrected chi connectivity index (χ1v) is 4.49. The Morgan fingerprint density at radius 3 is 2.31 bits per heavy atom. The summed E-state index contributed by atoms with van der Waals surface area (Å²) in [6.45, 7) is 6.42. The van der Waals surface area contributed by atoms with Gasteiger partial charge in [-0.2, -0.15) is 0 Å². The number of nitrogens with zero attached hydrogens (tertiary/aromatic N) is 2. The molecule has 2 fully saturated rings. The summed E-state index contributed by atoms with van der Waals surface area (Å²) < 4.78 is 0. The van der Waals surface area contributed by atoms with Crippen molar-refractivity contribution in [2.45, 2.75) is 5.66 Å². The van der Waals surface area contributed by atoms with Crippen LogP contribution in [0.15, 0.2) is 12.2 Å². The molecule has 4 heteroatoms. The summed E-state index contributed by atoms with van der Waals surface area (Å²) in [6.07, 6.45) is 0. The van der Waals surface area contributed by atoms with E-state index >= 15 is 0 Å². The normalized spacial score (nSPS) is 28.8. The van der Waals surface area contributed by atoms with Crippen molar-refractivity contribution in [2.24, 2.45) is 0 Å². The first-order valence-electron chi connectivity index (χ1n) is 4.49. The van der Waals surface area contributed by atoms with Gasteiger partial charge in [-0.25, -0.2) is 0 Å². The van der Waals surface area contributed by atoms with Crippen LogP contribution in [0.3, 0.4) is 0 Å². The first kappa shape index (κ1) is 8.72. The minimum Gasteiger partial charge on any atom is -0.349 e. The fourth-order valence-electron chi connectivity index (χ4n) is 2.40. The van der Waals surface area contributed by atoms with E-state index in [0.717, 1.165) is 18.7 Å². The molecule has 1 amide bonds. The molecule has 4 nitrogen and oxygen atoms in total. The third-order valence-electron chi connectivity index (χ3n) is 3.15. The van der Waals surface area contributed by atoms with Gasteiger partial charge >= 0.3 is 0 Å². The third kappa shape index (κ3) is 0.845. The van der Waals surface area contributed by atoms with E-state index < -0.39 is 5.66 Å². The molecule has 0 bridgehead atoms. The lowest BCUT2D eigenvalue weighted by molar-refractivity contribution is -0.132. The molecule has 1 spiro atoms. The molecular weight excluding hydrogens is 166 g/mol. The summed E-state index contributed by atoms with van der Waals surface area (Å²) in [5, 5.41) is 2.84. The quantitative estimate of drug-likeness (QED) is 0.499. The smallest absolute Gasteiger partial charge is 0.260 e. The van der Waals surface area contributed by atoms with E-state index in [4.69, 9.17) is 0 Å². The van der Waals surface area contributed by atoms with Crippen LogP contribution >= 0.6 is 0 Å². The van der Waals surface area contributed by atoms with Gasteiger partial charge in [0, 0.05) is 19.6 Å². The largest absolute Gasteiger partial charge is 0.349 e. The van der Waals surface area contributed by atoms with Crippen molar-refractivity contribution in [3.63, 3.8) is 0 Å². The average molecular weight is 181 g/mol. The number of hydrogen-bond donors (Lipinski definition) is 1. The van der Waals surface area contributed by atoms with Crippen molar-refractivity contribution in [3.8, 4) is 0 Å². The maximum Gasteiger partial charge on any atom is 0.260 e. The minimum atomic E-state index is -0.556. The number of likely N-dealkylation sites (N-methyl/N-ethyl adjacent to an activating group) is 2. The van der Waals surface area contributed by atoms with Crippen LogP contribution in [0.5, 0.6) is 0 Å². The SMILES string of the molecule is C=C1CNC(=O)C12N(C)CCN2C. The first-order chi connectivity index (χ1) is 6.10. The molecule has 2 aliphatic heterocycles. The van der Waals surface area contributed by atoms with Crippen LogP contribution in [0, 0.1) is 0 Å². The van der Waals surface area contributed by atoms with Gasteiger partial charge in [0.1, 0.15) is 0 Å². The zero-order valence-electron chi connectivity index (χ0n) is 8.13. The molecular formula is C9H15N3O. The molecule has 0 aromatic heterocycles. The molecule has 13 heavy (non-hydrogen) atoms. The van der Waals surface area contributed by atoms with Gasteiger partial charge in [0.25, 0.3) is 5.91 Å². The Balaban J connectivity index is 2.46. The highest BCUT2D eigenvalue weighted by Crippen LogP contribution is 2.33. The maximum atomic E-state index is 11.8. The summed E-state index contributed by atoms with van der Waals surface area (Å²) in [4.78, 5) is 15.9. The van der Waals surface area contributed by atoms with E-state index in [-0.39, 0.29) is 5.91 Å². The highest BCUT2D eigenvalue weighted by molar-refractivity contribution is 5.93. The lowest BCUT2D eigenvalue weighted by Crippen LogP contribution is -2.56. The van der Waals surface area contributed by atoms with Crippen LogP contribution in [0.1, 0.15) is 0 Å². The number of amides is 1. The second kappa shape index (κ2) is 2.56. The van der Waals surface area contributed by atoms with Crippen molar-refractivity contribution in [2.75, 3.05) is 33.7 Å². The number of nitrogens with one attached hydrogen (secondary N) is 1. The molecule has 0 unspecified atom stereocenters. The number of hydrogen-bond acceptors (Lipinski definition) is 3.